The normalized spacial score (nSPS) is 16.9. The molecule has 0 saturated heterocycles. The van der Waals surface area contributed by atoms with Crippen molar-refractivity contribution in [1.29, 1.82) is 0 Å². The van der Waals surface area contributed by atoms with Crippen LogP contribution in [0.5, 0.6) is 5.75 Å². The number of fused-ring (bicyclic) bond motifs is 3. The summed E-state index contributed by atoms with van der Waals surface area (Å²) >= 11 is 0. The number of aromatic nitrogens is 2. The zero-order valence-electron chi connectivity index (χ0n) is 21.2. The lowest BCUT2D eigenvalue weighted by Crippen LogP contribution is -2.35. The van der Waals surface area contributed by atoms with Crippen molar-refractivity contribution in [3.05, 3.63) is 58.7 Å². The van der Waals surface area contributed by atoms with Crippen LogP contribution in [0.1, 0.15) is 66.5 Å². The predicted octanol–water partition coefficient (Wildman–Crippen LogP) is 5.22. The number of carboxylic acids is 1. The molecule has 2 heterocycles. The number of imidazole rings is 1. The highest BCUT2D eigenvalue weighted by Gasteiger charge is 2.31. The molecule has 1 unspecified atom stereocenters. The Hall–Kier alpha value is -3.62. The Balaban J connectivity index is 1.64. The lowest BCUT2D eigenvalue weighted by Gasteiger charge is -2.27. The summed E-state index contributed by atoms with van der Waals surface area (Å²) in [6.07, 6.45) is 5.67. The van der Waals surface area contributed by atoms with Gasteiger partial charge in [-0.2, -0.15) is 0 Å². The van der Waals surface area contributed by atoms with Gasteiger partial charge < -0.3 is 24.0 Å². The zero-order chi connectivity index (χ0) is 26.1. The van der Waals surface area contributed by atoms with Crippen molar-refractivity contribution in [3.63, 3.8) is 0 Å². The maximum atomic E-state index is 14.2. The fourth-order valence-electron chi connectivity index (χ4n) is 5.86. The van der Waals surface area contributed by atoms with Crippen molar-refractivity contribution in [3.8, 4) is 5.75 Å². The second kappa shape index (κ2) is 10.4. The van der Waals surface area contributed by atoms with E-state index in [1.165, 1.54) is 38.8 Å². The minimum absolute atomic E-state index is 0.0942. The van der Waals surface area contributed by atoms with Crippen molar-refractivity contribution in [1.82, 2.24) is 14.5 Å². The average molecular weight is 510 g/mol. The topological polar surface area (TPSA) is 93.9 Å². The number of benzene rings is 2. The van der Waals surface area contributed by atoms with E-state index < -0.39 is 17.7 Å². The monoisotopic (exact) mass is 509 g/mol. The van der Waals surface area contributed by atoms with Gasteiger partial charge in [0, 0.05) is 30.1 Å². The van der Waals surface area contributed by atoms with Gasteiger partial charge in [-0.05, 0) is 49.1 Å². The first-order valence-electron chi connectivity index (χ1n) is 12.8. The molecular formula is C28H32FN3O5. The average Bonchev–Trinajstić information content (AvgIpc) is 3.30. The first-order valence-corrected chi connectivity index (χ1v) is 12.8. The third-order valence-electron chi connectivity index (χ3n) is 7.79. The molecule has 1 saturated carbocycles. The number of rotatable bonds is 6. The quantitative estimate of drug-likeness (QED) is 0.489. The van der Waals surface area contributed by atoms with Crippen LogP contribution < -0.4 is 4.74 Å². The van der Waals surface area contributed by atoms with Crippen LogP contribution in [-0.4, -0.2) is 52.4 Å². The minimum Gasteiger partial charge on any atom is -0.496 e. The molecule has 1 aliphatic heterocycles. The Morgan fingerprint density at radius 3 is 2.65 bits per heavy atom. The summed E-state index contributed by atoms with van der Waals surface area (Å²) in [5.41, 5.74) is 4.02. The summed E-state index contributed by atoms with van der Waals surface area (Å²) in [6, 6.07) is 8.02. The fraction of sp³-hybridized carbons (Fsp3) is 0.464. The number of hydrogen-bond donors (Lipinski definition) is 1. The molecule has 1 fully saturated rings. The standard InChI is InChI=1S/C28H32FN3O5/c1-36-24-11-9-19(29)14-20(24)22(27(33)34)16-32-23-10-8-17-12-13-31(28(35)37-2)15-21(17)25(23)30-26(32)18-6-4-3-5-7-18/h8-11,14,18,22H,3-7,12-13,15-16H2,1-2H3,(H,33,34). The molecule has 1 amide bonds. The molecule has 5 rings (SSSR count). The Labute approximate surface area is 215 Å². The lowest BCUT2D eigenvalue weighted by molar-refractivity contribution is -0.139. The van der Waals surface area contributed by atoms with Gasteiger partial charge in [0.15, 0.2) is 0 Å². The third-order valence-corrected chi connectivity index (χ3v) is 7.79. The van der Waals surface area contributed by atoms with Gasteiger partial charge >= 0.3 is 12.1 Å². The highest BCUT2D eigenvalue weighted by molar-refractivity contribution is 5.83. The molecule has 1 atom stereocenters. The summed E-state index contributed by atoms with van der Waals surface area (Å²) in [5, 5.41) is 10.3. The van der Waals surface area contributed by atoms with Gasteiger partial charge in [0.2, 0.25) is 0 Å². The van der Waals surface area contributed by atoms with Gasteiger partial charge in [-0.3, -0.25) is 4.79 Å². The van der Waals surface area contributed by atoms with Crippen molar-refractivity contribution in [2.24, 2.45) is 0 Å². The lowest BCUT2D eigenvalue weighted by atomic mass is 9.88. The molecule has 196 valence electrons. The van der Waals surface area contributed by atoms with Gasteiger partial charge in [0.25, 0.3) is 0 Å². The van der Waals surface area contributed by atoms with Crippen LogP contribution in [-0.2, 0) is 29.0 Å². The molecule has 9 heteroatoms. The van der Waals surface area contributed by atoms with E-state index in [1.54, 1.807) is 4.90 Å². The van der Waals surface area contributed by atoms with Gasteiger partial charge in [-0.25, -0.2) is 14.2 Å². The summed E-state index contributed by atoms with van der Waals surface area (Å²) in [6.45, 7) is 1.05. The van der Waals surface area contributed by atoms with E-state index in [9.17, 15) is 19.1 Å². The fourth-order valence-corrected chi connectivity index (χ4v) is 5.86. The van der Waals surface area contributed by atoms with Gasteiger partial charge in [0.1, 0.15) is 23.3 Å². The van der Waals surface area contributed by atoms with Crippen LogP contribution in [0.3, 0.4) is 0 Å². The van der Waals surface area contributed by atoms with E-state index in [0.29, 0.717) is 30.8 Å². The van der Waals surface area contributed by atoms with E-state index >= 15 is 0 Å². The SMILES string of the molecule is COC(=O)N1CCc2ccc3c(nc(C4CCCCC4)n3CC(C(=O)O)c3cc(F)ccc3OC)c2C1. The van der Waals surface area contributed by atoms with Crippen molar-refractivity contribution < 1.29 is 28.6 Å². The van der Waals surface area contributed by atoms with Gasteiger partial charge in [-0.1, -0.05) is 25.3 Å². The molecule has 2 aliphatic rings. The predicted molar refractivity (Wildman–Crippen MR) is 135 cm³/mol. The molecule has 0 spiro atoms. The van der Waals surface area contributed by atoms with Crippen molar-refractivity contribution >= 4 is 23.1 Å². The van der Waals surface area contributed by atoms with E-state index in [0.717, 1.165) is 53.7 Å². The first-order chi connectivity index (χ1) is 17.9. The van der Waals surface area contributed by atoms with E-state index in [4.69, 9.17) is 14.5 Å². The number of carboxylic acid groups (broad SMARTS) is 1. The molecule has 1 N–H and O–H groups in total. The number of halogens is 1. The molecule has 8 nitrogen and oxygen atoms in total. The summed E-state index contributed by atoms with van der Waals surface area (Å²) in [7, 11) is 2.83. The van der Waals surface area contributed by atoms with Crippen LogP contribution in [0.15, 0.2) is 30.3 Å². The van der Waals surface area contributed by atoms with Crippen LogP contribution in [0, 0.1) is 5.82 Å². The first kappa shape index (κ1) is 25.0. The molecule has 2 aromatic carbocycles. The van der Waals surface area contributed by atoms with Crippen molar-refractivity contribution in [2.75, 3.05) is 20.8 Å². The number of methoxy groups -OCH3 is 2. The zero-order valence-corrected chi connectivity index (χ0v) is 21.2. The molecular weight excluding hydrogens is 477 g/mol. The molecule has 0 radical (unpaired) electrons. The number of aliphatic carboxylic acids is 1. The number of ether oxygens (including phenoxy) is 2. The number of hydrogen-bond acceptors (Lipinski definition) is 5. The molecule has 1 aromatic heterocycles. The number of nitrogens with zero attached hydrogens (tertiary/aromatic N) is 3. The second-order valence-corrected chi connectivity index (χ2v) is 9.91. The maximum Gasteiger partial charge on any atom is 0.409 e. The molecule has 3 aromatic rings. The van der Waals surface area contributed by atoms with Crippen molar-refractivity contribution in [2.45, 2.75) is 63.5 Å². The van der Waals surface area contributed by atoms with Crippen LogP contribution >= 0.6 is 0 Å². The summed E-state index contributed by atoms with van der Waals surface area (Å²) in [5.74, 6) is -1.20. The number of amides is 1. The molecule has 1 aliphatic carbocycles. The second-order valence-electron chi connectivity index (χ2n) is 9.91. The van der Waals surface area contributed by atoms with Crippen LogP contribution in [0.2, 0.25) is 0 Å². The van der Waals surface area contributed by atoms with Gasteiger partial charge in [-0.15, -0.1) is 0 Å². The third kappa shape index (κ3) is 4.74. The Morgan fingerprint density at radius 2 is 1.95 bits per heavy atom. The number of carbonyl (C=O) groups excluding carboxylic acids is 1. The van der Waals surface area contributed by atoms with E-state index in [-0.39, 0.29) is 18.6 Å². The highest BCUT2D eigenvalue weighted by atomic mass is 19.1. The van der Waals surface area contributed by atoms with E-state index in [1.807, 2.05) is 16.7 Å². The summed E-state index contributed by atoms with van der Waals surface area (Å²) < 4.78 is 26.6. The Bertz CT molecular complexity index is 1330. The Kier molecular flexibility index (Phi) is 7.04. The van der Waals surface area contributed by atoms with Crippen LogP contribution in [0.4, 0.5) is 9.18 Å². The Morgan fingerprint density at radius 1 is 1.16 bits per heavy atom. The summed E-state index contributed by atoms with van der Waals surface area (Å²) in [4.78, 5) is 31.6. The minimum atomic E-state index is -1.06. The maximum absolute atomic E-state index is 14.2. The largest absolute Gasteiger partial charge is 0.496 e. The van der Waals surface area contributed by atoms with E-state index in [2.05, 4.69) is 0 Å². The molecule has 0 bridgehead atoms. The van der Waals surface area contributed by atoms with Crippen LogP contribution in [0.25, 0.3) is 11.0 Å². The molecule has 37 heavy (non-hydrogen) atoms. The smallest absolute Gasteiger partial charge is 0.409 e. The highest BCUT2D eigenvalue weighted by Crippen LogP contribution is 2.38. The van der Waals surface area contributed by atoms with Gasteiger partial charge in [0.05, 0.1) is 31.8 Å². The number of carbonyl (C=O) groups is 2.